The van der Waals surface area contributed by atoms with Gasteiger partial charge in [-0.3, -0.25) is 0 Å². The smallest absolute Gasteiger partial charge is 0.216 e. The minimum absolute atomic E-state index is 0.124. The number of hydrogen-bond donors (Lipinski definition) is 2. The molecule has 0 aliphatic carbocycles. The first-order chi connectivity index (χ1) is 8.84. The lowest BCUT2D eigenvalue weighted by molar-refractivity contribution is 0.465. The Kier molecular flexibility index (Phi) is 6.26. The van der Waals surface area contributed by atoms with Crippen LogP contribution in [0.1, 0.15) is 25.8 Å². The van der Waals surface area contributed by atoms with Gasteiger partial charge in [0, 0.05) is 17.6 Å². The van der Waals surface area contributed by atoms with Crippen molar-refractivity contribution in [2.75, 3.05) is 6.54 Å². The summed E-state index contributed by atoms with van der Waals surface area (Å²) in [6.45, 7) is 4.36. The fourth-order valence-electron chi connectivity index (χ4n) is 1.88. The average Bonchev–Trinajstić information content (AvgIpc) is 2.30. The summed E-state index contributed by atoms with van der Waals surface area (Å²) in [6.07, 6.45) is 0.720. The van der Waals surface area contributed by atoms with Gasteiger partial charge in [0.25, 0.3) is 0 Å². The van der Waals surface area contributed by atoms with Crippen molar-refractivity contribution in [2.24, 2.45) is 11.7 Å². The number of rotatable bonds is 7. The van der Waals surface area contributed by atoms with Gasteiger partial charge in [0.05, 0.1) is 5.75 Å². The van der Waals surface area contributed by atoms with Crippen LogP contribution in [0.15, 0.2) is 24.3 Å². The maximum Gasteiger partial charge on any atom is 0.216 e. The molecular weight excluding hydrogens is 284 g/mol. The molecular formula is C13H21ClN2O2S. The third-order valence-electron chi connectivity index (χ3n) is 2.69. The fourth-order valence-corrected chi connectivity index (χ4v) is 3.60. The highest BCUT2D eigenvalue weighted by Crippen LogP contribution is 2.17. The Morgan fingerprint density at radius 2 is 1.95 bits per heavy atom. The van der Waals surface area contributed by atoms with Gasteiger partial charge in [-0.25, -0.2) is 13.1 Å². The monoisotopic (exact) mass is 304 g/mol. The molecule has 4 nitrogen and oxygen atoms in total. The molecule has 0 spiro atoms. The molecule has 1 atom stereocenters. The maximum atomic E-state index is 12.1. The molecule has 0 radical (unpaired) electrons. The van der Waals surface area contributed by atoms with Gasteiger partial charge in [-0.15, -0.1) is 0 Å². The van der Waals surface area contributed by atoms with Crippen LogP contribution in [0.3, 0.4) is 0 Å². The zero-order valence-corrected chi connectivity index (χ0v) is 12.8. The second-order valence-corrected chi connectivity index (χ2v) is 7.19. The van der Waals surface area contributed by atoms with Crippen molar-refractivity contribution in [1.82, 2.24) is 4.72 Å². The van der Waals surface area contributed by atoms with Gasteiger partial charge in [-0.05, 0) is 24.0 Å². The second-order valence-electron chi connectivity index (χ2n) is 5.03. The van der Waals surface area contributed by atoms with E-state index in [1.807, 2.05) is 13.8 Å². The van der Waals surface area contributed by atoms with Crippen molar-refractivity contribution >= 4 is 21.6 Å². The van der Waals surface area contributed by atoms with E-state index >= 15 is 0 Å². The summed E-state index contributed by atoms with van der Waals surface area (Å²) in [4.78, 5) is 0. The number of halogens is 1. The van der Waals surface area contributed by atoms with Crippen molar-refractivity contribution in [3.05, 3.63) is 34.9 Å². The summed E-state index contributed by atoms with van der Waals surface area (Å²) in [5.74, 6) is 0.262. The Bertz CT molecular complexity index is 503. The second kappa shape index (κ2) is 7.24. The lowest BCUT2D eigenvalue weighted by atomic mass is 10.1. The molecule has 0 aromatic heterocycles. The van der Waals surface area contributed by atoms with E-state index in [1.165, 1.54) is 0 Å². The Labute approximate surface area is 120 Å². The van der Waals surface area contributed by atoms with Gasteiger partial charge < -0.3 is 5.73 Å². The predicted molar refractivity (Wildman–Crippen MR) is 79.5 cm³/mol. The molecule has 0 bridgehead atoms. The molecule has 0 fully saturated rings. The summed E-state index contributed by atoms with van der Waals surface area (Å²) in [5.41, 5.74) is 6.19. The standard InChI is InChI=1S/C13H21ClN2O2S/c1-10(2)7-12(8-15)16-19(17,18)9-11-5-3-4-6-13(11)14/h3-6,10,12,16H,7-9,15H2,1-2H3/t12-/m0/s1. The largest absolute Gasteiger partial charge is 0.329 e. The summed E-state index contributed by atoms with van der Waals surface area (Å²) in [6, 6.07) is 6.70. The van der Waals surface area contributed by atoms with Crippen LogP contribution in [-0.4, -0.2) is 21.0 Å². The molecule has 0 heterocycles. The molecule has 0 aliphatic heterocycles. The quantitative estimate of drug-likeness (QED) is 0.810. The number of nitrogens with one attached hydrogen (secondary N) is 1. The Hall–Kier alpha value is -0.620. The lowest BCUT2D eigenvalue weighted by Gasteiger charge is -2.19. The third-order valence-corrected chi connectivity index (χ3v) is 4.44. The highest BCUT2D eigenvalue weighted by atomic mass is 35.5. The first kappa shape index (κ1) is 16.4. The zero-order chi connectivity index (χ0) is 14.5. The van der Waals surface area contributed by atoms with E-state index in [0.29, 0.717) is 23.0 Å². The van der Waals surface area contributed by atoms with Crippen LogP contribution in [-0.2, 0) is 15.8 Å². The number of benzene rings is 1. The molecule has 0 saturated heterocycles. The van der Waals surface area contributed by atoms with Crippen LogP contribution in [0, 0.1) is 5.92 Å². The summed E-state index contributed by atoms with van der Waals surface area (Å²) >= 11 is 5.97. The highest BCUT2D eigenvalue weighted by molar-refractivity contribution is 7.88. The number of sulfonamides is 1. The SMILES string of the molecule is CC(C)C[C@@H](CN)NS(=O)(=O)Cc1ccccc1Cl. The number of hydrogen-bond acceptors (Lipinski definition) is 3. The zero-order valence-electron chi connectivity index (χ0n) is 11.3. The van der Waals surface area contributed by atoms with Crippen molar-refractivity contribution in [1.29, 1.82) is 0 Å². The predicted octanol–water partition coefficient (Wildman–Crippen LogP) is 2.13. The first-order valence-corrected chi connectivity index (χ1v) is 8.30. The third kappa shape index (κ3) is 5.91. The fraction of sp³-hybridized carbons (Fsp3) is 0.538. The average molecular weight is 305 g/mol. The molecule has 0 unspecified atom stereocenters. The number of nitrogens with two attached hydrogens (primary N) is 1. The van der Waals surface area contributed by atoms with E-state index in [9.17, 15) is 8.42 Å². The molecule has 1 aromatic rings. The molecule has 1 aromatic carbocycles. The Morgan fingerprint density at radius 3 is 2.47 bits per heavy atom. The van der Waals surface area contributed by atoms with Crippen molar-refractivity contribution in [3.8, 4) is 0 Å². The molecule has 19 heavy (non-hydrogen) atoms. The highest BCUT2D eigenvalue weighted by Gasteiger charge is 2.19. The Balaban J connectivity index is 2.73. The topological polar surface area (TPSA) is 72.2 Å². The van der Waals surface area contributed by atoms with E-state index in [1.54, 1.807) is 24.3 Å². The van der Waals surface area contributed by atoms with Gasteiger partial charge in [-0.2, -0.15) is 0 Å². The molecule has 0 aliphatic rings. The minimum atomic E-state index is -3.43. The van der Waals surface area contributed by atoms with E-state index in [-0.39, 0.29) is 11.8 Å². The van der Waals surface area contributed by atoms with Crippen LogP contribution in [0.5, 0.6) is 0 Å². The maximum absolute atomic E-state index is 12.1. The Morgan fingerprint density at radius 1 is 1.32 bits per heavy atom. The van der Waals surface area contributed by atoms with E-state index in [2.05, 4.69) is 4.72 Å². The summed E-state index contributed by atoms with van der Waals surface area (Å²) in [7, 11) is -3.43. The van der Waals surface area contributed by atoms with Gasteiger partial charge in [0.1, 0.15) is 0 Å². The molecule has 108 valence electrons. The van der Waals surface area contributed by atoms with Gasteiger partial charge in [0.15, 0.2) is 0 Å². The van der Waals surface area contributed by atoms with Gasteiger partial charge in [0.2, 0.25) is 10.0 Å². The minimum Gasteiger partial charge on any atom is -0.329 e. The van der Waals surface area contributed by atoms with Crippen molar-refractivity contribution in [2.45, 2.75) is 32.1 Å². The lowest BCUT2D eigenvalue weighted by Crippen LogP contribution is -2.41. The van der Waals surface area contributed by atoms with E-state index in [0.717, 1.165) is 6.42 Å². The van der Waals surface area contributed by atoms with Crippen LogP contribution in [0.4, 0.5) is 0 Å². The van der Waals surface area contributed by atoms with Gasteiger partial charge >= 0.3 is 0 Å². The molecule has 6 heteroatoms. The van der Waals surface area contributed by atoms with Crippen LogP contribution >= 0.6 is 11.6 Å². The molecule has 0 amide bonds. The van der Waals surface area contributed by atoms with E-state index in [4.69, 9.17) is 17.3 Å². The molecule has 1 rings (SSSR count). The van der Waals surface area contributed by atoms with Crippen LogP contribution in [0.2, 0.25) is 5.02 Å². The summed E-state index contributed by atoms with van der Waals surface area (Å²) < 4.78 is 26.8. The van der Waals surface area contributed by atoms with Crippen LogP contribution in [0.25, 0.3) is 0 Å². The first-order valence-electron chi connectivity index (χ1n) is 6.27. The molecule has 3 N–H and O–H groups in total. The van der Waals surface area contributed by atoms with E-state index < -0.39 is 10.0 Å². The van der Waals surface area contributed by atoms with Crippen LogP contribution < -0.4 is 10.5 Å². The molecule has 0 saturated carbocycles. The normalized spacial score (nSPS) is 13.7. The van der Waals surface area contributed by atoms with Crippen molar-refractivity contribution < 1.29 is 8.42 Å². The van der Waals surface area contributed by atoms with Crippen molar-refractivity contribution in [3.63, 3.8) is 0 Å². The summed E-state index contributed by atoms with van der Waals surface area (Å²) in [5, 5.41) is 0.459. The van der Waals surface area contributed by atoms with Gasteiger partial charge in [-0.1, -0.05) is 43.6 Å².